The van der Waals surface area contributed by atoms with E-state index in [4.69, 9.17) is 21.1 Å². The van der Waals surface area contributed by atoms with E-state index >= 15 is 0 Å². The summed E-state index contributed by atoms with van der Waals surface area (Å²) in [6, 6.07) is 4.62. The van der Waals surface area contributed by atoms with Crippen LogP contribution in [0.25, 0.3) is 0 Å². The highest BCUT2D eigenvalue weighted by atomic mass is 35.5. The van der Waals surface area contributed by atoms with Gasteiger partial charge in [0.15, 0.2) is 6.61 Å². The van der Waals surface area contributed by atoms with Gasteiger partial charge in [0.25, 0.3) is 5.91 Å². The Bertz CT molecular complexity index is 571. The third-order valence-electron chi connectivity index (χ3n) is 2.90. The Morgan fingerprint density at radius 3 is 2.59 bits per heavy atom. The predicted octanol–water partition coefficient (Wildman–Crippen LogP) is 2.93. The molecule has 0 heterocycles. The number of hydrogen-bond acceptors (Lipinski definition) is 4. The van der Waals surface area contributed by atoms with Crippen molar-refractivity contribution in [2.45, 2.75) is 13.8 Å². The summed E-state index contributed by atoms with van der Waals surface area (Å²) < 4.78 is 10.1. The second-order valence-corrected chi connectivity index (χ2v) is 5.22. The zero-order valence-electron chi connectivity index (χ0n) is 13.0. The maximum Gasteiger partial charge on any atom is 0.342 e. The monoisotopic (exact) mass is 325 g/mol. The molecule has 0 saturated heterocycles. The highest BCUT2D eigenvalue weighted by molar-refractivity contribution is 6.31. The van der Waals surface area contributed by atoms with Crippen molar-refractivity contribution in [1.29, 1.82) is 0 Å². The second kappa shape index (κ2) is 8.44. The van der Waals surface area contributed by atoms with Crippen LogP contribution < -0.4 is 4.74 Å². The molecule has 1 aromatic carbocycles. The molecule has 0 radical (unpaired) electrons. The maximum atomic E-state index is 12.1. The molecule has 6 heteroatoms. The van der Waals surface area contributed by atoms with Crippen LogP contribution >= 0.6 is 11.6 Å². The van der Waals surface area contributed by atoms with Crippen LogP contribution in [0.1, 0.15) is 24.2 Å². The summed E-state index contributed by atoms with van der Waals surface area (Å²) in [5.41, 5.74) is 1.05. The van der Waals surface area contributed by atoms with E-state index in [0.717, 1.165) is 5.57 Å². The second-order valence-electron chi connectivity index (χ2n) is 4.79. The molecule has 120 valence electrons. The van der Waals surface area contributed by atoms with Gasteiger partial charge in [-0.1, -0.05) is 23.8 Å². The molecule has 0 aromatic heterocycles. The van der Waals surface area contributed by atoms with E-state index in [1.807, 2.05) is 13.8 Å². The van der Waals surface area contributed by atoms with Crippen molar-refractivity contribution in [3.8, 4) is 5.75 Å². The molecular weight excluding hydrogens is 306 g/mol. The van der Waals surface area contributed by atoms with Crippen molar-refractivity contribution in [2.75, 3.05) is 26.8 Å². The lowest BCUT2D eigenvalue weighted by atomic mass is 10.2. The average Bonchev–Trinajstić information content (AvgIpc) is 2.49. The molecule has 0 bridgehead atoms. The Morgan fingerprint density at radius 1 is 1.36 bits per heavy atom. The van der Waals surface area contributed by atoms with Crippen LogP contribution in [-0.2, 0) is 9.53 Å². The van der Waals surface area contributed by atoms with Gasteiger partial charge in [0.1, 0.15) is 11.3 Å². The fraction of sp³-hybridized carbons (Fsp3) is 0.375. The lowest BCUT2D eigenvalue weighted by molar-refractivity contribution is -0.133. The number of rotatable bonds is 7. The molecule has 1 rings (SSSR count). The van der Waals surface area contributed by atoms with E-state index in [2.05, 4.69) is 6.58 Å². The molecule has 0 spiro atoms. The standard InChI is InChI=1S/C16H20ClNO4/c1-5-18(9-11(2)3)15(19)10-22-16(20)13-8-12(17)6-7-14(13)21-4/h6-8H,2,5,9-10H2,1,3-4H3. The first-order chi connectivity index (χ1) is 10.4. The summed E-state index contributed by atoms with van der Waals surface area (Å²) in [6.45, 7) is 8.07. The normalized spacial score (nSPS) is 10.0. The minimum atomic E-state index is -0.654. The van der Waals surface area contributed by atoms with Gasteiger partial charge in [0, 0.05) is 18.1 Å². The fourth-order valence-electron chi connectivity index (χ4n) is 1.84. The molecule has 0 atom stereocenters. The van der Waals surface area contributed by atoms with Crippen molar-refractivity contribution >= 4 is 23.5 Å². The first-order valence-corrected chi connectivity index (χ1v) is 7.19. The maximum absolute atomic E-state index is 12.1. The van der Waals surface area contributed by atoms with Crippen molar-refractivity contribution in [1.82, 2.24) is 4.90 Å². The van der Waals surface area contributed by atoms with Crippen LogP contribution in [-0.4, -0.2) is 43.6 Å². The van der Waals surface area contributed by atoms with Gasteiger partial charge in [0.2, 0.25) is 0 Å². The summed E-state index contributed by atoms with van der Waals surface area (Å²) in [5.74, 6) is -0.588. The lowest BCUT2D eigenvalue weighted by Gasteiger charge is -2.20. The number of likely N-dealkylation sites (N-methyl/N-ethyl adjacent to an activating group) is 1. The van der Waals surface area contributed by atoms with E-state index in [0.29, 0.717) is 23.9 Å². The van der Waals surface area contributed by atoms with E-state index in [1.54, 1.807) is 17.0 Å². The summed E-state index contributed by atoms with van der Waals surface area (Å²) in [5, 5.41) is 0.386. The number of methoxy groups -OCH3 is 1. The van der Waals surface area contributed by atoms with Crippen molar-refractivity contribution in [3.05, 3.63) is 40.9 Å². The SMILES string of the molecule is C=C(C)CN(CC)C(=O)COC(=O)c1cc(Cl)ccc1OC. The molecule has 0 aliphatic heterocycles. The fourth-order valence-corrected chi connectivity index (χ4v) is 2.01. The number of ether oxygens (including phenoxy) is 2. The van der Waals surface area contributed by atoms with Crippen LogP contribution in [0, 0.1) is 0 Å². The molecule has 0 aliphatic rings. The first kappa shape index (κ1) is 18.0. The van der Waals surface area contributed by atoms with Gasteiger partial charge in [-0.2, -0.15) is 0 Å². The molecule has 22 heavy (non-hydrogen) atoms. The number of hydrogen-bond donors (Lipinski definition) is 0. The zero-order valence-corrected chi connectivity index (χ0v) is 13.8. The van der Waals surface area contributed by atoms with Gasteiger partial charge in [0.05, 0.1) is 7.11 Å². The van der Waals surface area contributed by atoms with Gasteiger partial charge in [-0.05, 0) is 32.0 Å². The highest BCUT2D eigenvalue weighted by Crippen LogP contribution is 2.23. The first-order valence-electron chi connectivity index (χ1n) is 6.81. The lowest BCUT2D eigenvalue weighted by Crippen LogP contribution is -2.35. The number of amides is 1. The summed E-state index contributed by atoms with van der Waals surface area (Å²) in [7, 11) is 1.44. The average molecular weight is 326 g/mol. The largest absolute Gasteiger partial charge is 0.496 e. The minimum absolute atomic E-state index is 0.186. The Hall–Kier alpha value is -2.01. The van der Waals surface area contributed by atoms with Gasteiger partial charge in [-0.15, -0.1) is 0 Å². The number of carbonyl (C=O) groups excluding carboxylic acids is 2. The molecule has 0 saturated carbocycles. The van der Waals surface area contributed by atoms with Crippen molar-refractivity contribution < 1.29 is 19.1 Å². The van der Waals surface area contributed by atoms with Crippen LogP contribution in [0.5, 0.6) is 5.75 Å². The topological polar surface area (TPSA) is 55.8 Å². The Balaban J connectivity index is 2.71. The minimum Gasteiger partial charge on any atom is -0.496 e. The highest BCUT2D eigenvalue weighted by Gasteiger charge is 2.18. The summed E-state index contributed by atoms with van der Waals surface area (Å²) in [4.78, 5) is 25.6. The van der Waals surface area contributed by atoms with E-state index in [-0.39, 0.29) is 18.1 Å². The number of esters is 1. The van der Waals surface area contributed by atoms with Crippen LogP contribution in [0.2, 0.25) is 5.02 Å². The molecule has 0 aliphatic carbocycles. The third-order valence-corrected chi connectivity index (χ3v) is 3.14. The van der Waals surface area contributed by atoms with Crippen LogP contribution in [0.3, 0.4) is 0 Å². The van der Waals surface area contributed by atoms with E-state index < -0.39 is 5.97 Å². The molecule has 1 amide bonds. The molecular formula is C16H20ClNO4. The number of halogens is 1. The van der Waals surface area contributed by atoms with Gasteiger partial charge >= 0.3 is 5.97 Å². The third kappa shape index (κ3) is 5.07. The van der Waals surface area contributed by atoms with E-state index in [1.165, 1.54) is 13.2 Å². The Kier molecular flexibility index (Phi) is 6.92. The Labute approximate surface area is 135 Å². The zero-order chi connectivity index (χ0) is 16.7. The van der Waals surface area contributed by atoms with Gasteiger partial charge < -0.3 is 14.4 Å². The molecule has 1 aromatic rings. The summed E-state index contributed by atoms with van der Waals surface area (Å²) >= 11 is 5.86. The van der Waals surface area contributed by atoms with Crippen molar-refractivity contribution in [3.63, 3.8) is 0 Å². The Morgan fingerprint density at radius 2 is 2.05 bits per heavy atom. The van der Waals surface area contributed by atoms with Gasteiger partial charge in [-0.25, -0.2) is 4.79 Å². The van der Waals surface area contributed by atoms with Crippen molar-refractivity contribution in [2.24, 2.45) is 0 Å². The number of nitrogens with zero attached hydrogens (tertiary/aromatic N) is 1. The summed E-state index contributed by atoms with van der Waals surface area (Å²) in [6.07, 6.45) is 0. The van der Waals surface area contributed by atoms with Crippen LogP contribution in [0.4, 0.5) is 0 Å². The number of carbonyl (C=O) groups is 2. The smallest absolute Gasteiger partial charge is 0.342 e. The quantitative estimate of drug-likeness (QED) is 0.571. The molecule has 5 nitrogen and oxygen atoms in total. The number of benzene rings is 1. The van der Waals surface area contributed by atoms with E-state index in [9.17, 15) is 9.59 Å². The predicted molar refractivity (Wildman–Crippen MR) is 85.4 cm³/mol. The molecule has 0 N–H and O–H groups in total. The molecule has 0 unspecified atom stereocenters. The van der Waals surface area contributed by atoms with Gasteiger partial charge in [-0.3, -0.25) is 4.79 Å². The van der Waals surface area contributed by atoms with Crippen LogP contribution in [0.15, 0.2) is 30.4 Å². The molecule has 0 fully saturated rings.